The first-order valence-electron chi connectivity index (χ1n) is 4.05. The molecular formula is C12H8SY2-2. The van der Waals surface area contributed by atoms with Crippen LogP contribution in [0.1, 0.15) is 0 Å². The minimum atomic E-state index is 0. The molecule has 2 rings (SSSR count). The summed E-state index contributed by atoms with van der Waals surface area (Å²) in [6.45, 7) is 0. The fourth-order valence-corrected chi connectivity index (χ4v) is 1.83. The molecule has 0 atom stereocenters. The molecule has 0 amide bonds. The Kier molecular flexibility index (Phi) is 9.68. The van der Waals surface area contributed by atoms with Crippen LogP contribution in [0.15, 0.2) is 58.3 Å². The molecule has 0 aliphatic heterocycles. The van der Waals surface area contributed by atoms with Crippen molar-refractivity contribution in [2.45, 2.75) is 9.79 Å². The first-order valence-corrected chi connectivity index (χ1v) is 4.87. The number of hydrogen-bond donors (Lipinski definition) is 0. The van der Waals surface area contributed by atoms with Crippen LogP contribution in [0.5, 0.6) is 0 Å². The monoisotopic (exact) mass is 362 g/mol. The third-order valence-corrected chi connectivity index (χ3v) is 2.63. The summed E-state index contributed by atoms with van der Waals surface area (Å²) in [5, 5.41) is 0. The summed E-state index contributed by atoms with van der Waals surface area (Å²) in [7, 11) is 0. The second-order valence-electron chi connectivity index (χ2n) is 2.57. The van der Waals surface area contributed by atoms with Gasteiger partial charge in [0.1, 0.15) is 0 Å². The molecule has 0 N–H and O–H groups in total. The quantitative estimate of drug-likeness (QED) is 0.738. The molecule has 0 heterocycles. The van der Waals surface area contributed by atoms with Crippen molar-refractivity contribution < 1.29 is 65.4 Å². The van der Waals surface area contributed by atoms with Gasteiger partial charge in [0.2, 0.25) is 0 Å². The van der Waals surface area contributed by atoms with Crippen molar-refractivity contribution in [1.29, 1.82) is 0 Å². The van der Waals surface area contributed by atoms with Gasteiger partial charge in [-0.05, 0) is 0 Å². The van der Waals surface area contributed by atoms with Gasteiger partial charge in [0.05, 0.1) is 0 Å². The fourth-order valence-electron chi connectivity index (χ4n) is 1.02. The van der Waals surface area contributed by atoms with Gasteiger partial charge >= 0.3 is 0 Å². The van der Waals surface area contributed by atoms with E-state index < -0.39 is 0 Å². The van der Waals surface area contributed by atoms with Crippen molar-refractivity contribution in [3.05, 3.63) is 60.7 Å². The van der Waals surface area contributed by atoms with Gasteiger partial charge in [-0.1, -0.05) is 9.79 Å². The van der Waals surface area contributed by atoms with Gasteiger partial charge in [0.15, 0.2) is 0 Å². The Labute approximate surface area is 145 Å². The van der Waals surface area contributed by atoms with Crippen LogP contribution in [-0.2, 0) is 65.4 Å². The topological polar surface area (TPSA) is 0 Å². The molecule has 2 aromatic carbocycles. The Morgan fingerprint density at radius 3 is 1.33 bits per heavy atom. The van der Waals surface area contributed by atoms with Crippen molar-refractivity contribution in [3.8, 4) is 0 Å². The maximum absolute atomic E-state index is 3.00. The van der Waals surface area contributed by atoms with Gasteiger partial charge in [0.25, 0.3) is 0 Å². The first-order chi connectivity index (χ1) is 6.45. The maximum Gasteiger partial charge on any atom is 0 e. The van der Waals surface area contributed by atoms with E-state index in [1.54, 1.807) is 11.8 Å². The molecule has 0 aliphatic rings. The zero-order chi connectivity index (χ0) is 8.93. The molecule has 0 bridgehead atoms. The van der Waals surface area contributed by atoms with Crippen molar-refractivity contribution in [3.63, 3.8) is 0 Å². The third kappa shape index (κ3) is 5.75. The Morgan fingerprint density at radius 1 is 0.667 bits per heavy atom. The molecule has 2 radical (unpaired) electrons. The molecule has 0 aromatic heterocycles. The van der Waals surface area contributed by atoms with E-state index in [1.165, 1.54) is 9.79 Å². The van der Waals surface area contributed by atoms with Gasteiger partial charge in [-0.25, -0.2) is 0 Å². The Balaban J connectivity index is 0.000000980. The van der Waals surface area contributed by atoms with Gasteiger partial charge in [-0.2, -0.15) is 60.7 Å². The minimum absolute atomic E-state index is 0. The van der Waals surface area contributed by atoms with E-state index in [0.29, 0.717) is 0 Å². The third-order valence-electron chi connectivity index (χ3n) is 1.61. The van der Waals surface area contributed by atoms with Gasteiger partial charge in [0, 0.05) is 65.4 Å². The summed E-state index contributed by atoms with van der Waals surface area (Å²) in [6, 6.07) is 21.9. The molecule has 0 saturated carbocycles. The van der Waals surface area contributed by atoms with E-state index >= 15 is 0 Å². The smallest absolute Gasteiger partial charge is 0 e. The van der Waals surface area contributed by atoms with Crippen LogP contribution >= 0.6 is 11.8 Å². The predicted molar refractivity (Wildman–Crippen MR) is 54.7 cm³/mol. The summed E-state index contributed by atoms with van der Waals surface area (Å²) in [5.74, 6) is 0. The summed E-state index contributed by atoms with van der Waals surface area (Å²) in [4.78, 5) is 2.48. The first kappa shape index (κ1) is 16.0. The normalized spacial score (nSPS) is 8.53. The van der Waals surface area contributed by atoms with E-state index in [1.807, 2.05) is 24.3 Å². The van der Waals surface area contributed by atoms with E-state index in [-0.39, 0.29) is 65.4 Å². The Hall–Kier alpha value is 0.998. The number of rotatable bonds is 2. The Morgan fingerprint density at radius 2 is 1.00 bits per heavy atom. The van der Waals surface area contributed by atoms with E-state index in [4.69, 9.17) is 0 Å². The zero-order valence-corrected chi connectivity index (χ0v) is 14.7. The fraction of sp³-hybridized carbons (Fsp3) is 0. The predicted octanol–water partition coefficient (Wildman–Crippen LogP) is 3.43. The largest absolute Gasteiger partial charge is 0.184 e. The van der Waals surface area contributed by atoms with Crippen LogP contribution < -0.4 is 0 Å². The van der Waals surface area contributed by atoms with Crippen LogP contribution in [0.3, 0.4) is 0 Å². The van der Waals surface area contributed by atoms with Gasteiger partial charge in [-0.15, -0.1) is 11.8 Å². The standard InChI is InChI=1S/C12H8S.2Y/c1-3-7-11(8-4-1)13-12-9-5-2-6-10-12;;/h3-10H;;/q-2;;. The molecule has 15 heavy (non-hydrogen) atoms. The van der Waals surface area contributed by atoms with Crippen molar-refractivity contribution >= 4 is 11.8 Å². The minimum Gasteiger partial charge on any atom is -0.184 e. The molecule has 0 nitrogen and oxygen atoms in total. The van der Waals surface area contributed by atoms with Crippen LogP contribution in [-0.4, -0.2) is 0 Å². The molecule has 0 spiro atoms. The Bertz CT molecular complexity index is 324. The SMILES string of the molecule is [Y].[Y].[c-]1ccc(Sc2cc[c-]cc2)cc1. The zero-order valence-electron chi connectivity index (χ0n) is 8.18. The number of benzene rings is 2. The molecule has 0 aliphatic carbocycles. The molecule has 3 heteroatoms. The van der Waals surface area contributed by atoms with Crippen LogP contribution in [0.4, 0.5) is 0 Å². The van der Waals surface area contributed by atoms with Gasteiger partial charge < -0.3 is 0 Å². The maximum atomic E-state index is 3.00. The van der Waals surface area contributed by atoms with E-state index in [9.17, 15) is 0 Å². The van der Waals surface area contributed by atoms with Crippen LogP contribution in [0, 0.1) is 12.1 Å². The second kappa shape index (κ2) is 9.07. The summed E-state index contributed by atoms with van der Waals surface area (Å²) in [5.41, 5.74) is 0. The van der Waals surface area contributed by atoms with Crippen molar-refractivity contribution in [2.24, 2.45) is 0 Å². The van der Waals surface area contributed by atoms with Crippen LogP contribution in [0.2, 0.25) is 0 Å². The average Bonchev–Trinajstić information content (AvgIpc) is 2.21. The molecule has 70 valence electrons. The van der Waals surface area contributed by atoms with Crippen molar-refractivity contribution in [1.82, 2.24) is 0 Å². The summed E-state index contributed by atoms with van der Waals surface area (Å²) in [6.07, 6.45) is 0. The van der Waals surface area contributed by atoms with Crippen molar-refractivity contribution in [2.75, 3.05) is 0 Å². The molecule has 2 aromatic rings. The average molecular weight is 362 g/mol. The van der Waals surface area contributed by atoms with Gasteiger partial charge in [-0.3, -0.25) is 0 Å². The molecular weight excluding hydrogens is 354 g/mol. The number of hydrogen-bond acceptors (Lipinski definition) is 1. The van der Waals surface area contributed by atoms with E-state index in [2.05, 4.69) is 36.4 Å². The molecule has 0 fully saturated rings. The van der Waals surface area contributed by atoms with E-state index in [0.717, 1.165) is 0 Å². The van der Waals surface area contributed by atoms with Crippen LogP contribution in [0.25, 0.3) is 0 Å². The molecule has 0 unspecified atom stereocenters. The molecule has 0 saturated heterocycles. The summed E-state index contributed by atoms with van der Waals surface area (Å²) >= 11 is 1.75. The summed E-state index contributed by atoms with van der Waals surface area (Å²) < 4.78 is 0. The second-order valence-corrected chi connectivity index (χ2v) is 3.72.